The minimum absolute atomic E-state index is 0.643. The number of pyridine rings is 1. The van der Waals surface area contributed by atoms with Gasteiger partial charge in [0.15, 0.2) is 5.82 Å². The number of nitrogens with zero attached hydrogens (tertiary/aromatic N) is 1. The quantitative estimate of drug-likeness (QED) is 0.884. The molecule has 2 aromatic rings. The highest BCUT2D eigenvalue weighted by Gasteiger charge is 2.02. The summed E-state index contributed by atoms with van der Waals surface area (Å²) in [6, 6.07) is 9.65. The molecule has 0 radical (unpaired) electrons. The van der Waals surface area contributed by atoms with Crippen LogP contribution in [0.15, 0.2) is 41.0 Å². The van der Waals surface area contributed by atoms with E-state index in [-0.39, 0.29) is 0 Å². The van der Waals surface area contributed by atoms with Crippen LogP contribution in [0.2, 0.25) is 0 Å². The standard InChI is InChI=1S/C12H12BrN3/c1-8-7-9(13)4-5-11(8)16-12-10(14)3-2-6-15-12/h2-7H,14H2,1H3,(H,15,16). The van der Waals surface area contributed by atoms with Gasteiger partial charge < -0.3 is 11.1 Å². The van der Waals surface area contributed by atoms with Crippen LogP contribution in [0.25, 0.3) is 0 Å². The molecule has 0 unspecified atom stereocenters. The van der Waals surface area contributed by atoms with Gasteiger partial charge in [-0.2, -0.15) is 0 Å². The molecule has 82 valence electrons. The molecule has 4 heteroatoms. The second kappa shape index (κ2) is 4.53. The number of rotatable bonds is 2. The predicted octanol–water partition coefficient (Wildman–Crippen LogP) is 3.48. The van der Waals surface area contributed by atoms with Crippen LogP contribution in [-0.2, 0) is 0 Å². The molecule has 0 aliphatic rings. The largest absolute Gasteiger partial charge is 0.396 e. The Balaban J connectivity index is 2.31. The molecule has 0 bridgehead atoms. The third kappa shape index (κ3) is 2.33. The average Bonchev–Trinajstić information content (AvgIpc) is 2.25. The molecule has 3 N–H and O–H groups in total. The molecule has 0 spiro atoms. The molecule has 0 aliphatic heterocycles. The van der Waals surface area contributed by atoms with Crippen molar-refractivity contribution in [1.29, 1.82) is 0 Å². The second-order valence-electron chi connectivity index (χ2n) is 3.53. The van der Waals surface area contributed by atoms with Gasteiger partial charge in [0, 0.05) is 16.4 Å². The van der Waals surface area contributed by atoms with Crippen LogP contribution in [0.1, 0.15) is 5.56 Å². The van der Waals surface area contributed by atoms with Gasteiger partial charge in [-0.3, -0.25) is 0 Å². The Kier molecular flexibility index (Phi) is 3.10. The fourth-order valence-corrected chi connectivity index (χ4v) is 1.89. The van der Waals surface area contributed by atoms with Gasteiger partial charge in [0.2, 0.25) is 0 Å². The summed E-state index contributed by atoms with van der Waals surface area (Å²) in [7, 11) is 0. The maximum atomic E-state index is 5.81. The van der Waals surface area contributed by atoms with Gasteiger partial charge in [-0.1, -0.05) is 15.9 Å². The molecule has 1 heterocycles. The van der Waals surface area contributed by atoms with E-state index in [1.54, 1.807) is 6.20 Å². The van der Waals surface area contributed by atoms with Gasteiger partial charge >= 0.3 is 0 Å². The van der Waals surface area contributed by atoms with E-state index in [1.807, 2.05) is 37.3 Å². The highest BCUT2D eigenvalue weighted by Crippen LogP contribution is 2.25. The van der Waals surface area contributed by atoms with E-state index in [0.29, 0.717) is 11.5 Å². The lowest BCUT2D eigenvalue weighted by molar-refractivity contribution is 1.30. The fourth-order valence-electron chi connectivity index (χ4n) is 1.42. The van der Waals surface area contributed by atoms with Gasteiger partial charge in [0.1, 0.15) is 0 Å². The summed E-state index contributed by atoms with van der Waals surface area (Å²) in [5.74, 6) is 0.688. The molecule has 0 atom stereocenters. The summed E-state index contributed by atoms with van der Waals surface area (Å²) >= 11 is 3.43. The first-order chi connectivity index (χ1) is 7.66. The van der Waals surface area contributed by atoms with Crippen molar-refractivity contribution in [1.82, 2.24) is 4.98 Å². The summed E-state index contributed by atoms with van der Waals surface area (Å²) in [5, 5.41) is 3.21. The van der Waals surface area contributed by atoms with Crippen molar-refractivity contribution in [2.45, 2.75) is 6.92 Å². The van der Waals surface area contributed by atoms with Crippen LogP contribution >= 0.6 is 15.9 Å². The van der Waals surface area contributed by atoms with Gasteiger partial charge in [0.05, 0.1) is 5.69 Å². The average molecular weight is 278 g/mol. The first kappa shape index (κ1) is 11.0. The van der Waals surface area contributed by atoms with Crippen LogP contribution < -0.4 is 11.1 Å². The maximum absolute atomic E-state index is 5.81. The SMILES string of the molecule is Cc1cc(Br)ccc1Nc1ncccc1N. The first-order valence-electron chi connectivity index (χ1n) is 4.90. The van der Waals surface area contributed by atoms with E-state index in [9.17, 15) is 0 Å². The molecular weight excluding hydrogens is 266 g/mol. The fraction of sp³-hybridized carbons (Fsp3) is 0.0833. The smallest absolute Gasteiger partial charge is 0.153 e. The maximum Gasteiger partial charge on any atom is 0.153 e. The lowest BCUT2D eigenvalue weighted by atomic mass is 10.2. The lowest BCUT2D eigenvalue weighted by Crippen LogP contribution is -1.99. The number of aryl methyl sites for hydroxylation is 1. The molecule has 16 heavy (non-hydrogen) atoms. The number of benzene rings is 1. The topological polar surface area (TPSA) is 50.9 Å². The van der Waals surface area contributed by atoms with E-state index in [2.05, 4.69) is 26.2 Å². The zero-order chi connectivity index (χ0) is 11.5. The minimum Gasteiger partial charge on any atom is -0.396 e. The van der Waals surface area contributed by atoms with Crippen molar-refractivity contribution in [2.75, 3.05) is 11.1 Å². The number of hydrogen-bond donors (Lipinski definition) is 2. The Bertz CT molecular complexity index is 511. The number of anilines is 3. The molecule has 3 nitrogen and oxygen atoms in total. The first-order valence-corrected chi connectivity index (χ1v) is 5.70. The minimum atomic E-state index is 0.643. The van der Waals surface area contributed by atoms with Gasteiger partial charge in [-0.25, -0.2) is 4.98 Å². The summed E-state index contributed by atoms with van der Waals surface area (Å²) in [4.78, 5) is 4.19. The Labute approximate surface area is 103 Å². The van der Waals surface area contributed by atoms with Crippen LogP contribution in [0.3, 0.4) is 0 Å². The van der Waals surface area contributed by atoms with Crippen LogP contribution in [0.5, 0.6) is 0 Å². The normalized spacial score (nSPS) is 10.1. The van der Waals surface area contributed by atoms with E-state index < -0.39 is 0 Å². The second-order valence-corrected chi connectivity index (χ2v) is 4.44. The Morgan fingerprint density at radius 3 is 2.81 bits per heavy atom. The highest BCUT2D eigenvalue weighted by atomic mass is 79.9. The summed E-state index contributed by atoms with van der Waals surface area (Å²) in [5.41, 5.74) is 8.60. The number of aromatic nitrogens is 1. The number of nitrogens with one attached hydrogen (secondary N) is 1. The van der Waals surface area contributed by atoms with Gasteiger partial charge in [-0.15, -0.1) is 0 Å². The van der Waals surface area contributed by atoms with Crippen molar-refractivity contribution >= 4 is 33.1 Å². The number of halogens is 1. The molecule has 1 aromatic carbocycles. The van der Waals surface area contributed by atoms with E-state index in [0.717, 1.165) is 15.7 Å². The van der Waals surface area contributed by atoms with Crippen molar-refractivity contribution in [3.63, 3.8) is 0 Å². The van der Waals surface area contributed by atoms with Crippen LogP contribution in [0, 0.1) is 6.92 Å². The van der Waals surface area contributed by atoms with Gasteiger partial charge in [-0.05, 0) is 42.8 Å². The van der Waals surface area contributed by atoms with Crippen LogP contribution in [-0.4, -0.2) is 4.98 Å². The highest BCUT2D eigenvalue weighted by molar-refractivity contribution is 9.10. The van der Waals surface area contributed by atoms with Crippen molar-refractivity contribution in [3.05, 3.63) is 46.6 Å². The molecule has 2 rings (SSSR count). The van der Waals surface area contributed by atoms with E-state index >= 15 is 0 Å². The van der Waals surface area contributed by atoms with Crippen molar-refractivity contribution in [3.8, 4) is 0 Å². The molecule has 0 saturated heterocycles. The molecule has 0 saturated carbocycles. The zero-order valence-electron chi connectivity index (χ0n) is 8.87. The molecule has 1 aromatic heterocycles. The molecule has 0 amide bonds. The third-order valence-corrected chi connectivity index (χ3v) is 2.77. The number of nitrogens with two attached hydrogens (primary N) is 1. The van der Waals surface area contributed by atoms with Crippen molar-refractivity contribution in [2.24, 2.45) is 0 Å². The third-order valence-electron chi connectivity index (χ3n) is 2.28. The number of nitrogen functional groups attached to an aromatic ring is 1. The number of hydrogen-bond acceptors (Lipinski definition) is 3. The monoisotopic (exact) mass is 277 g/mol. The van der Waals surface area contributed by atoms with Crippen LogP contribution in [0.4, 0.5) is 17.2 Å². The van der Waals surface area contributed by atoms with E-state index in [4.69, 9.17) is 5.73 Å². The predicted molar refractivity (Wildman–Crippen MR) is 70.8 cm³/mol. The summed E-state index contributed by atoms with van der Waals surface area (Å²) in [6.07, 6.45) is 1.72. The Hall–Kier alpha value is -1.55. The molecule has 0 aliphatic carbocycles. The zero-order valence-corrected chi connectivity index (χ0v) is 10.5. The lowest BCUT2D eigenvalue weighted by Gasteiger charge is -2.10. The molecular formula is C12H12BrN3. The molecule has 0 fully saturated rings. The summed E-state index contributed by atoms with van der Waals surface area (Å²) in [6.45, 7) is 2.03. The Morgan fingerprint density at radius 1 is 1.31 bits per heavy atom. The Morgan fingerprint density at radius 2 is 2.12 bits per heavy atom. The van der Waals surface area contributed by atoms with E-state index in [1.165, 1.54) is 0 Å². The van der Waals surface area contributed by atoms with Crippen molar-refractivity contribution < 1.29 is 0 Å². The summed E-state index contributed by atoms with van der Waals surface area (Å²) < 4.78 is 1.06. The van der Waals surface area contributed by atoms with Gasteiger partial charge in [0.25, 0.3) is 0 Å².